The van der Waals surface area contributed by atoms with E-state index in [4.69, 9.17) is 9.47 Å². The summed E-state index contributed by atoms with van der Waals surface area (Å²) in [4.78, 5) is 23.6. The van der Waals surface area contributed by atoms with Gasteiger partial charge >= 0.3 is 0 Å². The van der Waals surface area contributed by atoms with Crippen molar-refractivity contribution >= 4 is 11.7 Å². The number of benzene rings is 1. The van der Waals surface area contributed by atoms with Crippen molar-refractivity contribution < 1.29 is 19.1 Å². The molecule has 0 saturated carbocycles. The van der Waals surface area contributed by atoms with E-state index in [2.05, 4.69) is 5.32 Å². The Labute approximate surface area is 119 Å². The van der Waals surface area contributed by atoms with Crippen LogP contribution in [0.4, 0.5) is 0 Å². The lowest BCUT2D eigenvalue weighted by atomic mass is 10.1. The predicted molar refractivity (Wildman–Crippen MR) is 76.0 cm³/mol. The Morgan fingerprint density at radius 3 is 2.65 bits per heavy atom. The fourth-order valence-corrected chi connectivity index (χ4v) is 1.65. The monoisotopic (exact) mass is 279 g/mol. The summed E-state index contributed by atoms with van der Waals surface area (Å²) in [5.41, 5.74) is 0.506. The summed E-state index contributed by atoms with van der Waals surface area (Å²) in [6, 6.07) is 6.95. The molecule has 5 heteroatoms. The summed E-state index contributed by atoms with van der Waals surface area (Å²) in [7, 11) is 1.57. The van der Waals surface area contributed by atoms with Gasteiger partial charge in [-0.25, -0.2) is 0 Å². The predicted octanol–water partition coefficient (Wildman–Crippen LogP) is 1.81. The van der Waals surface area contributed by atoms with Gasteiger partial charge in [0.1, 0.15) is 5.75 Å². The molecule has 0 aromatic heterocycles. The van der Waals surface area contributed by atoms with Gasteiger partial charge in [-0.1, -0.05) is 19.1 Å². The molecule has 0 spiro atoms. The van der Waals surface area contributed by atoms with E-state index in [0.717, 1.165) is 0 Å². The second-order valence-corrected chi connectivity index (χ2v) is 4.32. The lowest BCUT2D eigenvalue weighted by molar-refractivity contribution is -0.127. The van der Waals surface area contributed by atoms with Crippen LogP contribution in [-0.2, 0) is 9.53 Å². The molecule has 0 radical (unpaired) electrons. The van der Waals surface area contributed by atoms with Crippen molar-refractivity contribution in [2.75, 3.05) is 20.3 Å². The van der Waals surface area contributed by atoms with E-state index in [1.165, 1.54) is 0 Å². The molecule has 0 aliphatic carbocycles. The average molecular weight is 279 g/mol. The molecule has 1 aromatic rings. The van der Waals surface area contributed by atoms with E-state index < -0.39 is 6.10 Å². The Kier molecular flexibility index (Phi) is 6.73. The molecule has 110 valence electrons. The summed E-state index contributed by atoms with van der Waals surface area (Å²) in [5.74, 6) is 0.196. The lowest BCUT2D eigenvalue weighted by Crippen LogP contribution is -2.38. The third-order valence-electron chi connectivity index (χ3n) is 2.79. The van der Waals surface area contributed by atoms with Crippen molar-refractivity contribution in [1.82, 2.24) is 5.32 Å². The third-order valence-corrected chi connectivity index (χ3v) is 2.79. The molecule has 1 atom stereocenters. The summed E-state index contributed by atoms with van der Waals surface area (Å²) in [5, 5.41) is 2.69. The van der Waals surface area contributed by atoms with Gasteiger partial charge in [0.25, 0.3) is 5.91 Å². The standard InChI is InChI=1S/C15H21NO4/c1-4-13(17)12-7-5-6-8-14(12)20-11(2)15(18)16-9-10-19-3/h5-8,11H,4,9-10H2,1-3H3,(H,16,18). The molecule has 0 fully saturated rings. The fourth-order valence-electron chi connectivity index (χ4n) is 1.65. The smallest absolute Gasteiger partial charge is 0.260 e. The van der Waals surface area contributed by atoms with Crippen LogP contribution in [0.3, 0.4) is 0 Å². The van der Waals surface area contributed by atoms with Crippen molar-refractivity contribution in [3.63, 3.8) is 0 Å². The minimum atomic E-state index is -0.669. The molecular weight excluding hydrogens is 258 g/mol. The van der Waals surface area contributed by atoms with Gasteiger partial charge in [0, 0.05) is 20.1 Å². The van der Waals surface area contributed by atoms with E-state index >= 15 is 0 Å². The van der Waals surface area contributed by atoms with Crippen molar-refractivity contribution in [2.24, 2.45) is 0 Å². The minimum absolute atomic E-state index is 0.00686. The van der Waals surface area contributed by atoms with Crippen LogP contribution >= 0.6 is 0 Å². The number of rotatable bonds is 8. The summed E-state index contributed by atoms with van der Waals surface area (Å²) in [6.45, 7) is 4.32. The van der Waals surface area contributed by atoms with Crippen LogP contribution in [-0.4, -0.2) is 38.1 Å². The van der Waals surface area contributed by atoms with Crippen LogP contribution in [0.25, 0.3) is 0 Å². The number of para-hydroxylation sites is 1. The fraction of sp³-hybridized carbons (Fsp3) is 0.467. The zero-order chi connectivity index (χ0) is 15.0. The lowest BCUT2D eigenvalue weighted by Gasteiger charge is -2.16. The molecule has 5 nitrogen and oxygen atoms in total. The maximum absolute atomic E-state index is 11.8. The number of methoxy groups -OCH3 is 1. The molecule has 0 saturated heterocycles. The van der Waals surface area contributed by atoms with Crippen molar-refractivity contribution in [2.45, 2.75) is 26.4 Å². The van der Waals surface area contributed by atoms with Crippen molar-refractivity contribution in [3.8, 4) is 5.75 Å². The highest BCUT2D eigenvalue weighted by atomic mass is 16.5. The van der Waals surface area contributed by atoms with Crippen LogP contribution in [0, 0.1) is 0 Å². The van der Waals surface area contributed by atoms with Gasteiger partial charge in [-0.2, -0.15) is 0 Å². The van der Waals surface area contributed by atoms with E-state index in [1.807, 2.05) is 0 Å². The number of amides is 1. The summed E-state index contributed by atoms with van der Waals surface area (Å²) >= 11 is 0. The van der Waals surface area contributed by atoms with Crippen molar-refractivity contribution in [3.05, 3.63) is 29.8 Å². The molecule has 1 rings (SSSR count). The summed E-state index contributed by atoms with van der Waals surface area (Å²) in [6.07, 6.45) is -0.271. The molecule has 1 N–H and O–H groups in total. The van der Waals surface area contributed by atoms with Gasteiger partial charge in [0.05, 0.1) is 12.2 Å². The molecule has 1 unspecified atom stereocenters. The maximum Gasteiger partial charge on any atom is 0.260 e. The number of carbonyl (C=O) groups is 2. The molecule has 1 amide bonds. The Morgan fingerprint density at radius 2 is 2.00 bits per heavy atom. The number of Topliss-reactive ketones (excluding diaryl/α,β-unsaturated/α-hetero) is 1. The number of hydrogen-bond acceptors (Lipinski definition) is 4. The van der Waals surface area contributed by atoms with Gasteiger partial charge in [-0.15, -0.1) is 0 Å². The highest BCUT2D eigenvalue weighted by Crippen LogP contribution is 2.20. The average Bonchev–Trinajstić information content (AvgIpc) is 2.47. The van der Waals surface area contributed by atoms with E-state index in [1.54, 1.807) is 45.2 Å². The topological polar surface area (TPSA) is 64.6 Å². The van der Waals surface area contributed by atoms with Crippen LogP contribution in [0.2, 0.25) is 0 Å². The highest BCUT2D eigenvalue weighted by Gasteiger charge is 2.17. The first-order valence-corrected chi connectivity index (χ1v) is 6.65. The molecule has 1 aromatic carbocycles. The van der Waals surface area contributed by atoms with E-state index in [0.29, 0.717) is 30.9 Å². The Bertz CT molecular complexity index is 459. The normalized spacial score (nSPS) is 11.8. The molecule has 0 bridgehead atoms. The molecule has 0 aliphatic rings. The highest BCUT2D eigenvalue weighted by molar-refractivity contribution is 5.98. The van der Waals surface area contributed by atoms with E-state index in [9.17, 15) is 9.59 Å². The molecule has 0 heterocycles. The second kappa shape index (κ2) is 8.32. The van der Waals surface area contributed by atoms with Gasteiger partial charge < -0.3 is 14.8 Å². The first-order valence-electron chi connectivity index (χ1n) is 6.65. The van der Waals surface area contributed by atoms with Gasteiger partial charge in [0.2, 0.25) is 0 Å². The van der Waals surface area contributed by atoms with Gasteiger partial charge in [-0.05, 0) is 19.1 Å². The SMILES string of the molecule is CCC(=O)c1ccccc1OC(C)C(=O)NCCOC. The third kappa shape index (κ3) is 4.66. The largest absolute Gasteiger partial charge is 0.480 e. The Hall–Kier alpha value is -1.88. The number of ketones is 1. The number of nitrogens with one attached hydrogen (secondary N) is 1. The van der Waals surface area contributed by atoms with Crippen LogP contribution in [0.1, 0.15) is 30.6 Å². The number of ether oxygens (including phenoxy) is 2. The zero-order valence-electron chi connectivity index (χ0n) is 12.1. The van der Waals surface area contributed by atoms with Crippen LogP contribution < -0.4 is 10.1 Å². The minimum Gasteiger partial charge on any atom is -0.480 e. The molecule has 0 aliphatic heterocycles. The summed E-state index contributed by atoms with van der Waals surface area (Å²) < 4.78 is 10.4. The van der Waals surface area contributed by atoms with Crippen LogP contribution in [0.5, 0.6) is 5.75 Å². The Morgan fingerprint density at radius 1 is 1.30 bits per heavy atom. The zero-order valence-corrected chi connectivity index (χ0v) is 12.1. The van der Waals surface area contributed by atoms with E-state index in [-0.39, 0.29) is 11.7 Å². The quantitative estimate of drug-likeness (QED) is 0.582. The molecular formula is C15H21NO4. The Balaban J connectivity index is 2.68. The molecule has 20 heavy (non-hydrogen) atoms. The number of hydrogen-bond donors (Lipinski definition) is 1. The van der Waals surface area contributed by atoms with Gasteiger partial charge in [-0.3, -0.25) is 9.59 Å². The first-order chi connectivity index (χ1) is 9.60. The number of carbonyl (C=O) groups excluding carboxylic acids is 2. The van der Waals surface area contributed by atoms with Crippen molar-refractivity contribution in [1.29, 1.82) is 0 Å². The maximum atomic E-state index is 11.8. The van der Waals surface area contributed by atoms with Crippen LogP contribution in [0.15, 0.2) is 24.3 Å². The second-order valence-electron chi connectivity index (χ2n) is 4.32. The van der Waals surface area contributed by atoms with Gasteiger partial charge in [0.15, 0.2) is 11.9 Å². The first kappa shape index (κ1) is 16.2.